The maximum Gasteiger partial charge on any atom is 0.357 e. The van der Waals surface area contributed by atoms with Crippen molar-refractivity contribution in [2.45, 2.75) is 0 Å². The number of aryl methyl sites for hydroxylation is 1. The second-order valence-corrected chi connectivity index (χ2v) is 5.76. The first-order valence-electron chi connectivity index (χ1n) is 8.12. The van der Waals surface area contributed by atoms with Crippen LogP contribution < -0.4 is 10.4 Å². The van der Waals surface area contributed by atoms with E-state index in [0.717, 1.165) is 4.90 Å². The van der Waals surface area contributed by atoms with Crippen molar-refractivity contribution < 1.29 is 9.59 Å². The second-order valence-electron chi connectivity index (χ2n) is 5.76. The fraction of sp³-hybridized carbons (Fsp3) is 0.0526. The van der Waals surface area contributed by atoms with Crippen molar-refractivity contribution in [3.63, 3.8) is 0 Å². The molecule has 0 fully saturated rings. The number of urea groups is 1. The van der Waals surface area contributed by atoms with Gasteiger partial charge in [0.2, 0.25) is 6.41 Å². The van der Waals surface area contributed by atoms with Crippen molar-refractivity contribution in [2.24, 2.45) is 12.0 Å². The maximum atomic E-state index is 12.8. The Hall–Kier alpha value is -3.94. The molecule has 0 aliphatic carbocycles. The van der Waals surface area contributed by atoms with Gasteiger partial charge in [0.25, 0.3) is 0 Å². The minimum Gasteiger partial charge on any atom is -0.335 e. The van der Waals surface area contributed by atoms with E-state index >= 15 is 0 Å². The van der Waals surface area contributed by atoms with E-state index in [2.05, 4.69) is 19.9 Å². The van der Waals surface area contributed by atoms with Gasteiger partial charge >= 0.3 is 6.03 Å². The van der Waals surface area contributed by atoms with Gasteiger partial charge in [0.05, 0.1) is 11.0 Å². The maximum absolute atomic E-state index is 12.8. The minimum absolute atomic E-state index is 0.186. The van der Waals surface area contributed by atoms with Crippen LogP contribution in [0.1, 0.15) is 0 Å². The van der Waals surface area contributed by atoms with Gasteiger partial charge in [-0.1, -0.05) is 0 Å². The zero-order chi connectivity index (χ0) is 18.8. The topological polar surface area (TPSA) is 93.3 Å². The first-order chi connectivity index (χ1) is 13.2. The highest BCUT2D eigenvalue weighted by molar-refractivity contribution is 6.11. The lowest BCUT2D eigenvalue weighted by molar-refractivity contribution is -0.106. The van der Waals surface area contributed by atoms with E-state index in [0.29, 0.717) is 33.7 Å². The predicted molar refractivity (Wildman–Crippen MR) is 99.8 cm³/mol. The van der Waals surface area contributed by atoms with Gasteiger partial charge in [-0.2, -0.15) is 4.99 Å². The smallest absolute Gasteiger partial charge is 0.335 e. The number of nitrogens with zero attached hydrogens (tertiary/aromatic N) is 6. The van der Waals surface area contributed by atoms with Crippen molar-refractivity contribution in [3.05, 3.63) is 66.7 Å². The summed E-state index contributed by atoms with van der Waals surface area (Å²) in [6, 6.07) is 9.83. The van der Waals surface area contributed by atoms with Crippen molar-refractivity contribution in [3.8, 4) is 0 Å². The molecular formula is C19H14N6O2. The number of pyridine rings is 4. The van der Waals surface area contributed by atoms with Crippen molar-refractivity contribution >= 4 is 40.1 Å². The lowest BCUT2D eigenvalue weighted by Gasteiger charge is -2.13. The molecule has 4 rings (SSSR count). The Kier molecular flexibility index (Phi) is 4.13. The fourth-order valence-electron chi connectivity index (χ4n) is 2.83. The molecule has 0 aromatic carbocycles. The molecule has 0 aliphatic rings. The zero-order valence-electron chi connectivity index (χ0n) is 14.4. The molecule has 3 amide bonds. The van der Waals surface area contributed by atoms with E-state index in [-0.39, 0.29) is 5.82 Å². The highest BCUT2D eigenvalue weighted by Crippen LogP contribution is 2.22. The average Bonchev–Trinajstić information content (AvgIpc) is 2.71. The molecule has 0 saturated carbocycles. The van der Waals surface area contributed by atoms with Gasteiger partial charge in [-0.3, -0.25) is 14.8 Å². The fourth-order valence-corrected chi connectivity index (χ4v) is 2.83. The Morgan fingerprint density at radius 3 is 2.44 bits per heavy atom. The number of amides is 3. The molecule has 0 radical (unpaired) electrons. The van der Waals surface area contributed by atoms with E-state index < -0.39 is 6.03 Å². The minimum atomic E-state index is -0.749. The van der Waals surface area contributed by atoms with Gasteiger partial charge in [0.15, 0.2) is 5.82 Å². The largest absolute Gasteiger partial charge is 0.357 e. The molecule has 0 N–H and O–H groups in total. The number of rotatable bonds is 2. The summed E-state index contributed by atoms with van der Waals surface area (Å²) in [5.74, 6) is 0.186. The van der Waals surface area contributed by atoms with Crippen LogP contribution in [-0.2, 0) is 11.8 Å². The summed E-state index contributed by atoms with van der Waals surface area (Å²) in [5, 5.41) is 1.29. The number of carbonyl (C=O) groups excluding carboxylic acids is 2. The summed E-state index contributed by atoms with van der Waals surface area (Å²) in [7, 11) is 1.77. The third-order valence-corrected chi connectivity index (χ3v) is 4.12. The monoisotopic (exact) mass is 358 g/mol. The third-order valence-electron chi connectivity index (χ3n) is 4.12. The molecule has 8 nitrogen and oxygen atoms in total. The first kappa shape index (κ1) is 16.5. The first-order valence-corrected chi connectivity index (χ1v) is 8.12. The number of aromatic nitrogens is 4. The second kappa shape index (κ2) is 6.75. The molecule has 27 heavy (non-hydrogen) atoms. The van der Waals surface area contributed by atoms with E-state index in [4.69, 9.17) is 0 Å². The Labute approximate surface area is 153 Å². The summed E-state index contributed by atoms with van der Waals surface area (Å²) in [4.78, 5) is 42.2. The Balaban J connectivity index is 1.88. The number of hydrogen-bond acceptors (Lipinski definition) is 5. The molecule has 8 heteroatoms. The highest BCUT2D eigenvalue weighted by atomic mass is 16.2. The van der Waals surface area contributed by atoms with Crippen LogP contribution in [0.3, 0.4) is 0 Å². The summed E-state index contributed by atoms with van der Waals surface area (Å²) in [5.41, 5.74) is 1.73. The number of anilines is 1. The number of hydrogen-bond donors (Lipinski definition) is 0. The van der Waals surface area contributed by atoms with Gasteiger partial charge in [-0.25, -0.2) is 14.7 Å². The summed E-state index contributed by atoms with van der Waals surface area (Å²) in [6.07, 6.45) is 6.96. The van der Waals surface area contributed by atoms with Crippen molar-refractivity contribution in [2.75, 3.05) is 4.90 Å². The molecule has 4 heterocycles. The lowest BCUT2D eigenvalue weighted by Crippen LogP contribution is -2.31. The third kappa shape index (κ3) is 2.93. The van der Waals surface area contributed by atoms with Crippen molar-refractivity contribution in [1.82, 2.24) is 19.5 Å². The van der Waals surface area contributed by atoms with Gasteiger partial charge in [-0.05, 0) is 36.4 Å². The summed E-state index contributed by atoms with van der Waals surface area (Å²) in [6.45, 7) is 0. The summed E-state index contributed by atoms with van der Waals surface area (Å²) >= 11 is 0. The van der Waals surface area contributed by atoms with E-state index in [1.807, 2.05) is 12.1 Å². The molecule has 0 spiro atoms. The number of imide groups is 1. The normalized spacial score (nSPS) is 11.7. The van der Waals surface area contributed by atoms with Crippen LogP contribution in [0, 0.1) is 0 Å². The van der Waals surface area contributed by atoms with Crippen LogP contribution in [0.25, 0.3) is 21.8 Å². The molecular weight excluding hydrogens is 344 g/mol. The number of carbonyl (C=O) groups is 2. The van der Waals surface area contributed by atoms with Gasteiger partial charge in [0, 0.05) is 42.6 Å². The van der Waals surface area contributed by atoms with Crippen LogP contribution in [0.5, 0.6) is 0 Å². The molecule has 0 atom stereocenters. The average molecular weight is 358 g/mol. The Morgan fingerprint density at radius 2 is 1.70 bits per heavy atom. The SMILES string of the molecule is Cn1ccc2ncccc2/c1=N/C(=O)N(C=O)c1nccc2ncccc12. The van der Waals surface area contributed by atoms with E-state index in [1.165, 1.54) is 6.20 Å². The van der Waals surface area contributed by atoms with Crippen LogP contribution >= 0.6 is 0 Å². The molecule has 4 aromatic rings. The molecule has 4 aromatic heterocycles. The van der Waals surface area contributed by atoms with Gasteiger partial charge < -0.3 is 4.57 Å². The molecule has 0 bridgehead atoms. The molecule has 0 aliphatic heterocycles. The Morgan fingerprint density at radius 1 is 1.00 bits per heavy atom. The Bertz CT molecular complexity index is 1240. The molecule has 0 unspecified atom stereocenters. The van der Waals surface area contributed by atoms with Crippen molar-refractivity contribution in [1.29, 1.82) is 0 Å². The summed E-state index contributed by atoms with van der Waals surface area (Å²) < 4.78 is 1.70. The quantitative estimate of drug-likeness (QED) is 0.512. The molecule has 132 valence electrons. The highest BCUT2D eigenvalue weighted by Gasteiger charge is 2.19. The van der Waals surface area contributed by atoms with E-state index in [1.54, 1.807) is 54.5 Å². The van der Waals surface area contributed by atoms with E-state index in [9.17, 15) is 9.59 Å². The van der Waals surface area contributed by atoms with Crippen LogP contribution in [0.2, 0.25) is 0 Å². The molecule has 0 saturated heterocycles. The van der Waals surface area contributed by atoms with Gasteiger partial charge in [-0.15, -0.1) is 0 Å². The zero-order valence-corrected chi connectivity index (χ0v) is 14.4. The predicted octanol–water partition coefficient (Wildman–Crippen LogP) is 2.20. The van der Waals surface area contributed by atoms with Crippen LogP contribution in [0.4, 0.5) is 10.6 Å². The number of fused-ring (bicyclic) bond motifs is 2. The van der Waals surface area contributed by atoms with Crippen LogP contribution in [-0.4, -0.2) is 32.0 Å². The standard InChI is InChI=1S/C19H14N6O2/c1-24-11-7-16-14(5-3-9-21-16)18(24)23-19(27)25(12-26)17-13-4-2-8-20-15(13)6-10-22-17/h2-12H,1H3/b23-18-. The van der Waals surface area contributed by atoms with Gasteiger partial charge in [0.1, 0.15) is 5.49 Å². The van der Waals surface area contributed by atoms with Crippen LogP contribution in [0.15, 0.2) is 66.2 Å². The lowest BCUT2D eigenvalue weighted by atomic mass is 10.2.